The highest BCUT2D eigenvalue weighted by atomic mass is 19.3. The van der Waals surface area contributed by atoms with Crippen LogP contribution < -0.4 is 10.5 Å². The number of nitrogens with two attached hydrogens (primary N) is 1. The molecule has 2 aromatic rings. The van der Waals surface area contributed by atoms with E-state index in [0.29, 0.717) is 16.7 Å². The number of allylic oxidation sites excluding steroid dienone is 1. The van der Waals surface area contributed by atoms with Crippen molar-refractivity contribution in [3.8, 4) is 5.75 Å². The fraction of sp³-hybridized carbons (Fsp3) is 0.238. The summed E-state index contributed by atoms with van der Waals surface area (Å²) in [4.78, 5) is 18.8. The summed E-state index contributed by atoms with van der Waals surface area (Å²) in [6.07, 6.45) is 0.302. The van der Waals surface area contributed by atoms with Gasteiger partial charge in [0.05, 0.1) is 0 Å². The summed E-state index contributed by atoms with van der Waals surface area (Å²) in [6, 6.07) is 12.0. The molecule has 2 atom stereocenters. The number of nitrogens with zero attached hydrogens (tertiary/aromatic N) is 2. The molecule has 0 fully saturated rings. The van der Waals surface area contributed by atoms with Gasteiger partial charge in [0.1, 0.15) is 11.9 Å². The van der Waals surface area contributed by atoms with Gasteiger partial charge in [0.25, 0.3) is 5.91 Å². The summed E-state index contributed by atoms with van der Waals surface area (Å²) in [5, 5.41) is 0. The van der Waals surface area contributed by atoms with Crippen molar-refractivity contribution in [2.24, 2.45) is 10.7 Å². The predicted octanol–water partition coefficient (Wildman–Crippen LogP) is 3.91. The van der Waals surface area contributed by atoms with Crippen molar-refractivity contribution in [3.63, 3.8) is 0 Å². The van der Waals surface area contributed by atoms with E-state index in [4.69, 9.17) is 5.73 Å². The summed E-state index contributed by atoms with van der Waals surface area (Å²) < 4.78 is 43.7. The number of likely N-dealkylation sites (N-methyl/N-ethyl adjacent to an activating group) is 1. The van der Waals surface area contributed by atoms with Crippen molar-refractivity contribution in [1.29, 1.82) is 0 Å². The summed E-state index contributed by atoms with van der Waals surface area (Å²) in [5.74, 6) is -0.497. The highest BCUT2D eigenvalue weighted by molar-refractivity contribution is 6.08. The number of benzene rings is 2. The zero-order chi connectivity index (χ0) is 21.2. The van der Waals surface area contributed by atoms with E-state index < -0.39 is 24.2 Å². The molecule has 0 aliphatic carbocycles. The molecule has 3 rings (SSSR count). The number of guanidine groups is 1. The molecule has 0 spiro atoms. The summed E-state index contributed by atoms with van der Waals surface area (Å²) >= 11 is 0. The smallest absolute Gasteiger partial charge is 0.387 e. The SMILES string of the molecule is C=CCC(F)c1cccc(C2(c3ccc(OC(F)F)cc3)N=C(N)N(C)C2=O)c1. The van der Waals surface area contributed by atoms with Gasteiger partial charge in [-0.3, -0.25) is 9.69 Å². The first-order valence-electron chi connectivity index (χ1n) is 8.84. The zero-order valence-electron chi connectivity index (χ0n) is 15.7. The van der Waals surface area contributed by atoms with Crippen LogP contribution in [0.5, 0.6) is 5.75 Å². The first kappa shape index (κ1) is 20.4. The van der Waals surface area contributed by atoms with Gasteiger partial charge in [0.2, 0.25) is 0 Å². The Morgan fingerprint density at radius 3 is 2.45 bits per heavy atom. The van der Waals surface area contributed by atoms with Gasteiger partial charge in [0, 0.05) is 13.5 Å². The Morgan fingerprint density at radius 2 is 1.90 bits per heavy atom. The van der Waals surface area contributed by atoms with E-state index in [9.17, 15) is 18.0 Å². The molecule has 0 saturated carbocycles. The van der Waals surface area contributed by atoms with Gasteiger partial charge in [-0.25, -0.2) is 9.38 Å². The molecule has 1 amide bonds. The first-order valence-corrected chi connectivity index (χ1v) is 8.84. The molecule has 8 heteroatoms. The van der Waals surface area contributed by atoms with E-state index in [0.717, 1.165) is 0 Å². The third kappa shape index (κ3) is 3.70. The molecule has 2 aromatic carbocycles. The van der Waals surface area contributed by atoms with E-state index in [-0.39, 0.29) is 18.1 Å². The lowest BCUT2D eigenvalue weighted by molar-refractivity contribution is -0.129. The highest BCUT2D eigenvalue weighted by Crippen LogP contribution is 2.41. The van der Waals surface area contributed by atoms with Crippen molar-refractivity contribution in [2.45, 2.75) is 24.7 Å². The molecular weight excluding hydrogens is 383 g/mol. The minimum atomic E-state index is -2.97. The maximum absolute atomic E-state index is 14.4. The third-order valence-electron chi connectivity index (χ3n) is 4.78. The fourth-order valence-electron chi connectivity index (χ4n) is 3.30. The van der Waals surface area contributed by atoms with E-state index >= 15 is 0 Å². The van der Waals surface area contributed by atoms with Gasteiger partial charge >= 0.3 is 6.61 Å². The van der Waals surface area contributed by atoms with E-state index in [1.165, 1.54) is 42.3 Å². The van der Waals surface area contributed by atoms with Crippen LogP contribution in [0.25, 0.3) is 0 Å². The Hall–Kier alpha value is -3.29. The van der Waals surface area contributed by atoms with E-state index in [1.807, 2.05) is 0 Å². The van der Waals surface area contributed by atoms with Gasteiger partial charge in [-0.15, -0.1) is 6.58 Å². The number of carbonyl (C=O) groups is 1. The Kier molecular flexibility index (Phi) is 5.63. The average molecular weight is 403 g/mol. The second-order valence-corrected chi connectivity index (χ2v) is 6.56. The van der Waals surface area contributed by atoms with Crippen molar-refractivity contribution in [1.82, 2.24) is 4.90 Å². The van der Waals surface area contributed by atoms with Crippen molar-refractivity contribution >= 4 is 11.9 Å². The number of hydrogen-bond acceptors (Lipinski definition) is 4. The number of aliphatic imine (C=N–C) groups is 1. The number of hydrogen-bond donors (Lipinski definition) is 1. The number of alkyl halides is 3. The Balaban J connectivity index is 2.13. The highest BCUT2D eigenvalue weighted by Gasteiger charge is 2.49. The van der Waals surface area contributed by atoms with Crippen LogP contribution in [-0.2, 0) is 10.3 Å². The second-order valence-electron chi connectivity index (χ2n) is 6.56. The topological polar surface area (TPSA) is 67.9 Å². The lowest BCUT2D eigenvalue weighted by Gasteiger charge is -2.27. The Morgan fingerprint density at radius 1 is 1.21 bits per heavy atom. The third-order valence-corrected chi connectivity index (χ3v) is 4.78. The zero-order valence-corrected chi connectivity index (χ0v) is 15.7. The van der Waals surface area contributed by atoms with Crippen molar-refractivity contribution in [2.75, 3.05) is 7.05 Å². The molecule has 0 radical (unpaired) electrons. The minimum Gasteiger partial charge on any atom is -0.435 e. The predicted molar refractivity (Wildman–Crippen MR) is 103 cm³/mol. The minimum absolute atomic E-state index is 0.00352. The van der Waals surface area contributed by atoms with Crippen LogP contribution in [0, 0.1) is 0 Å². The van der Waals surface area contributed by atoms with Crippen LogP contribution in [0.1, 0.15) is 29.3 Å². The largest absolute Gasteiger partial charge is 0.435 e. The van der Waals surface area contributed by atoms with Gasteiger partial charge in [-0.05, 0) is 34.9 Å². The van der Waals surface area contributed by atoms with Gasteiger partial charge in [0.15, 0.2) is 11.5 Å². The monoisotopic (exact) mass is 403 g/mol. The molecule has 1 heterocycles. The van der Waals surface area contributed by atoms with Crippen LogP contribution in [-0.4, -0.2) is 30.4 Å². The van der Waals surface area contributed by atoms with E-state index in [2.05, 4.69) is 16.3 Å². The molecule has 5 nitrogen and oxygen atoms in total. The Labute approximate surface area is 166 Å². The molecule has 29 heavy (non-hydrogen) atoms. The number of halogens is 3. The number of ether oxygens (including phenoxy) is 1. The lowest BCUT2D eigenvalue weighted by Crippen LogP contribution is -2.41. The average Bonchev–Trinajstić information content (AvgIpc) is 2.93. The number of rotatable bonds is 7. The van der Waals surface area contributed by atoms with Crippen LogP contribution in [0.3, 0.4) is 0 Å². The maximum Gasteiger partial charge on any atom is 0.387 e. The molecule has 152 valence electrons. The molecular formula is C21H20F3N3O2. The van der Waals surface area contributed by atoms with Crippen LogP contribution in [0.4, 0.5) is 13.2 Å². The number of carbonyl (C=O) groups excluding carboxylic acids is 1. The lowest BCUT2D eigenvalue weighted by atomic mass is 9.82. The quantitative estimate of drug-likeness (QED) is 0.713. The summed E-state index contributed by atoms with van der Waals surface area (Å²) in [5.41, 5.74) is 5.54. The van der Waals surface area contributed by atoms with Crippen molar-refractivity contribution in [3.05, 3.63) is 77.9 Å². The van der Waals surface area contributed by atoms with Gasteiger partial charge < -0.3 is 10.5 Å². The normalized spacial score (nSPS) is 20.0. The van der Waals surface area contributed by atoms with Crippen LogP contribution >= 0.6 is 0 Å². The van der Waals surface area contributed by atoms with Crippen LogP contribution in [0.2, 0.25) is 0 Å². The molecule has 2 N–H and O–H groups in total. The summed E-state index contributed by atoms with van der Waals surface area (Å²) in [6.45, 7) is 0.577. The van der Waals surface area contributed by atoms with Gasteiger partial charge in [-0.1, -0.05) is 36.4 Å². The first-order chi connectivity index (χ1) is 13.8. The second kappa shape index (κ2) is 7.98. The molecule has 1 aliphatic heterocycles. The number of amides is 1. The molecule has 0 bridgehead atoms. The molecule has 2 unspecified atom stereocenters. The molecule has 1 aliphatic rings. The maximum atomic E-state index is 14.4. The standard InChI is InChI=1S/C21H20F3N3O2/c1-3-5-17(22)13-6-4-7-15(12-13)21(18(28)27(2)20(25)26-21)14-8-10-16(11-9-14)29-19(23)24/h3-4,6-12,17,19H,1,5H2,2H3,(H2,25,26). The fourth-order valence-corrected chi connectivity index (χ4v) is 3.30. The summed E-state index contributed by atoms with van der Waals surface area (Å²) in [7, 11) is 1.48. The molecule has 0 aromatic heterocycles. The molecule has 0 saturated heterocycles. The van der Waals surface area contributed by atoms with Crippen molar-refractivity contribution < 1.29 is 22.7 Å². The van der Waals surface area contributed by atoms with Gasteiger partial charge in [-0.2, -0.15) is 8.78 Å². The van der Waals surface area contributed by atoms with E-state index in [1.54, 1.807) is 24.3 Å². The van der Waals surface area contributed by atoms with Crippen LogP contribution in [0.15, 0.2) is 66.2 Å². The Bertz CT molecular complexity index is 946.